The van der Waals surface area contributed by atoms with Crippen molar-refractivity contribution in [2.45, 2.75) is 19.4 Å². The van der Waals surface area contributed by atoms with Crippen LogP contribution in [0.4, 0.5) is 5.69 Å². The van der Waals surface area contributed by atoms with E-state index in [0.29, 0.717) is 16.3 Å². The van der Waals surface area contributed by atoms with Gasteiger partial charge in [-0.2, -0.15) is 0 Å². The molecule has 0 aliphatic carbocycles. The molecule has 0 saturated carbocycles. The highest BCUT2D eigenvalue weighted by molar-refractivity contribution is 9.10. The molecule has 1 aliphatic rings. The van der Waals surface area contributed by atoms with Gasteiger partial charge in [-0.1, -0.05) is 28.1 Å². The fourth-order valence-corrected chi connectivity index (χ4v) is 3.98. The van der Waals surface area contributed by atoms with Gasteiger partial charge >= 0.3 is 0 Å². The van der Waals surface area contributed by atoms with Crippen LogP contribution in [0.3, 0.4) is 0 Å². The van der Waals surface area contributed by atoms with Crippen molar-refractivity contribution >= 4 is 38.6 Å². The maximum atomic E-state index is 12.0. The highest BCUT2D eigenvalue weighted by atomic mass is 79.9. The summed E-state index contributed by atoms with van der Waals surface area (Å²) in [6, 6.07) is 13.5. The van der Waals surface area contributed by atoms with E-state index in [1.165, 1.54) is 31.5 Å². The molecule has 1 fully saturated rings. The van der Waals surface area contributed by atoms with Crippen molar-refractivity contribution in [3.05, 3.63) is 68.4 Å². The first-order valence-corrected chi connectivity index (χ1v) is 9.90. The third kappa shape index (κ3) is 3.96. The molecule has 0 spiro atoms. The molecule has 6 heteroatoms. The summed E-state index contributed by atoms with van der Waals surface area (Å²) in [6.45, 7) is 3.57. The molecule has 0 atom stereocenters. The molecule has 0 radical (unpaired) electrons. The van der Waals surface area contributed by atoms with Crippen LogP contribution in [-0.4, -0.2) is 29.4 Å². The molecular formula is C21H21BrN3O2+. The summed E-state index contributed by atoms with van der Waals surface area (Å²) in [5.41, 5.74) is 2.30. The minimum atomic E-state index is -0.319. The first-order valence-electron chi connectivity index (χ1n) is 9.11. The summed E-state index contributed by atoms with van der Waals surface area (Å²) in [4.78, 5) is 20.6. The zero-order valence-corrected chi connectivity index (χ0v) is 16.4. The van der Waals surface area contributed by atoms with E-state index in [-0.39, 0.29) is 11.4 Å². The van der Waals surface area contributed by atoms with Gasteiger partial charge in [0.15, 0.2) is 0 Å². The number of quaternary nitrogens is 1. The van der Waals surface area contributed by atoms with Crippen LogP contribution in [0, 0.1) is 0 Å². The van der Waals surface area contributed by atoms with Crippen molar-refractivity contribution in [1.82, 2.24) is 4.98 Å². The lowest BCUT2D eigenvalue weighted by Crippen LogP contribution is -3.08. The molecule has 3 aromatic rings. The molecule has 1 aliphatic heterocycles. The Bertz CT molecular complexity index is 1050. The predicted octanol–water partition coefficient (Wildman–Crippen LogP) is 2.93. The largest absolute Gasteiger partial charge is 0.494 e. The van der Waals surface area contributed by atoms with E-state index >= 15 is 0 Å². The third-order valence-electron chi connectivity index (χ3n) is 5.05. The molecule has 2 aromatic carbocycles. The predicted molar refractivity (Wildman–Crippen MR) is 111 cm³/mol. The van der Waals surface area contributed by atoms with E-state index in [2.05, 4.69) is 38.0 Å². The number of aromatic hydroxyl groups is 1. The number of fused-ring (bicyclic) bond motifs is 1. The van der Waals surface area contributed by atoms with Crippen LogP contribution in [0.1, 0.15) is 24.0 Å². The number of hydrogen-bond donors (Lipinski definition) is 3. The Kier molecular flexibility index (Phi) is 5.09. The molecule has 5 nitrogen and oxygen atoms in total. The fraction of sp³-hybridized carbons (Fsp3) is 0.238. The van der Waals surface area contributed by atoms with E-state index in [4.69, 9.17) is 0 Å². The number of rotatable bonds is 4. The lowest BCUT2D eigenvalue weighted by atomic mass is 10.1. The highest BCUT2D eigenvalue weighted by Crippen LogP contribution is 2.25. The summed E-state index contributed by atoms with van der Waals surface area (Å²) in [5, 5.41) is 11.4. The molecule has 1 saturated heterocycles. The molecule has 3 N–H and O–H groups in total. The van der Waals surface area contributed by atoms with Crippen LogP contribution in [0.25, 0.3) is 10.8 Å². The van der Waals surface area contributed by atoms with E-state index in [9.17, 15) is 9.90 Å². The number of likely N-dealkylation sites (tertiary alicyclic amines) is 1. The Balaban J connectivity index is 1.61. The number of H-pyrrole nitrogens is 1. The van der Waals surface area contributed by atoms with E-state index in [0.717, 1.165) is 16.7 Å². The number of aliphatic imine (C=N–C) groups is 1. The summed E-state index contributed by atoms with van der Waals surface area (Å²) < 4.78 is 0.836. The summed E-state index contributed by atoms with van der Waals surface area (Å²) >= 11 is 3.42. The van der Waals surface area contributed by atoms with E-state index in [1.807, 2.05) is 18.2 Å². The van der Waals surface area contributed by atoms with Gasteiger partial charge in [-0.15, -0.1) is 0 Å². The van der Waals surface area contributed by atoms with Crippen molar-refractivity contribution in [2.24, 2.45) is 4.99 Å². The second-order valence-electron chi connectivity index (χ2n) is 6.96. The van der Waals surface area contributed by atoms with Gasteiger partial charge in [0.25, 0.3) is 5.56 Å². The van der Waals surface area contributed by atoms with Crippen molar-refractivity contribution < 1.29 is 10.0 Å². The van der Waals surface area contributed by atoms with Crippen molar-refractivity contribution in [2.75, 3.05) is 13.1 Å². The summed E-state index contributed by atoms with van der Waals surface area (Å²) in [7, 11) is 0. The number of benzene rings is 2. The van der Waals surface area contributed by atoms with Gasteiger partial charge < -0.3 is 10.0 Å². The van der Waals surface area contributed by atoms with Crippen molar-refractivity contribution in [3.63, 3.8) is 0 Å². The zero-order chi connectivity index (χ0) is 18.8. The fourth-order valence-electron chi connectivity index (χ4n) is 3.62. The second-order valence-corrected chi connectivity index (χ2v) is 7.88. The molecule has 0 unspecified atom stereocenters. The average molecular weight is 427 g/mol. The standard InChI is InChI=1S/C21H20BrN3O2/c22-15-5-8-17-18(11-15)19(21(27)24-20(17)26)12-23-16-6-3-14(4-7-16)13-25-9-1-2-10-25/h3-8,11-12H,1-2,9-10,13H2,(H2,24,26,27)/p+1. The molecule has 27 heavy (non-hydrogen) atoms. The van der Waals surface area contributed by atoms with Crippen LogP contribution in [0.5, 0.6) is 5.88 Å². The van der Waals surface area contributed by atoms with Crippen LogP contribution in [0.2, 0.25) is 0 Å². The smallest absolute Gasteiger partial charge is 0.258 e. The lowest BCUT2D eigenvalue weighted by Gasteiger charge is -2.11. The second kappa shape index (κ2) is 7.66. The van der Waals surface area contributed by atoms with Crippen LogP contribution in [0.15, 0.2) is 56.7 Å². The summed E-state index contributed by atoms with van der Waals surface area (Å²) in [6.07, 6.45) is 4.25. The van der Waals surface area contributed by atoms with Gasteiger partial charge in [-0.25, -0.2) is 0 Å². The number of hydrogen-bond acceptors (Lipinski definition) is 3. The molecule has 1 aromatic heterocycles. The first-order chi connectivity index (χ1) is 13.1. The molecule has 0 amide bonds. The Morgan fingerprint density at radius 1 is 1.11 bits per heavy atom. The normalized spacial score (nSPS) is 15.1. The quantitative estimate of drug-likeness (QED) is 0.561. The Morgan fingerprint density at radius 2 is 1.85 bits per heavy atom. The van der Waals surface area contributed by atoms with Gasteiger partial charge in [0.1, 0.15) is 6.54 Å². The Morgan fingerprint density at radius 3 is 2.59 bits per heavy atom. The first kappa shape index (κ1) is 17.9. The van der Waals surface area contributed by atoms with Crippen LogP contribution >= 0.6 is 15.9 Å². The minimum Gasteiger partial charge on any atom is -0.494 e. The average Bonchev–Trinajstić information content (AvgIpc) is 3.15. The van der Waals surface area contributed by atoms with E-state index in [1.54, 1.807) is 23.2 Å². The molecule has 2 heterocycles. The zero-order valence-electron chi connectivity index (χ0n) is 14.8. The van der Waals surface area contributed by atoms with Gasteiger partial charge in [0.05, 0.1) is 24.3 Å². The number of aromatic nitrogens is 1. The molecule has 4 rings (SSSR count). The lowest BCUT2D eigenvalue weighted by molar-refractivity contribution is -0.901. The maximum Gasteiger partial charge on any atom is 0.258 e. The van der Waals surface area contributed by atoms with Gasteiger partial charge in [-0.05, 0) is 30.3 Å². The number of halogens is 1. The molecular weight excluding hydrogens is 406 g/mol. The van der Waals surface area contributed by atoms with Gasteiger partial charge in [0, 0.05) is 39.9 Å². The SMILES string of the molecule is O=c1[nH]c(O)c(C=Nc2ccc(C[NH+]3CCCC3)cc2)c2cc(Br)ccc12. The Hall–Kier alpha value is -2.44. The minimum absolute atomic E-state index is 0.177. The maximum absolute atomic E-state index is 12.0. The van der Waals surface area contributed by atoms with Crippen LogP contribution < -0.4 is 10.5 Å². The van der Waals surface area contributed by atoms with Crippen LogP contribution in [-0.2, 0) is 6.54 Å². The molecule has 138 valence electrons. The van der Waals surface area contributed by atoms with Crippen molar-refractivity contribution in [3.8, 4) is 5.88 Å². The highest BCUT2D eigenvalue weighted by Gasteiger charge is 2.15. The van der Waals surface area contributed by atoms with Crippen molar-refractivity contribution in [1.29, 1.82) is 0 Å². The number of nitrogens with one attached hydrogen (secondary N) is 2. The monoisotopic (exact) mass is 426 g/mol. The Labute approximate surface area is 165 Å². The topological polar surface area (TPSA) is 69.9 Å². The number of nitrogens with zero attached hydrogens (tertiary/aromatic N) is 1. The summed E-state index contributed by atoms with van der Waals surface area (Å²) in [5.74, 6) is -0.177. The van der Waals surface area contributed by atoms with Gasteiger partial charge in [-0.3, -0.25) is 14.8 Å². The third-order valence-corrected chi connectivity index (χ3v) is 5.54. The number of aromatic amines is 1. The number of pyridine rings is 1. The molecule has 0 bridgehead atoms. The van der Waals surface area contributed by atoms with Gasteiger partial charge in [0.2, 0.25) is 5.88 Å². The van der Waals surface area contributed by atoms with E-state index < -0.39 is 0 Å².